The van der Waals surface area contributed by atoms with E-state index in [1.54, 1.807) is 28.7 Å². The minimum atomic E-state index is -0.278. The second kappa shape index (κ2) is 6.87. The first-order valence-corrected chi connectivity index (χ1v) is 7.99. The third kappa shape index (κ3) is 4.15. The van der Waals surface area contributed by atoms with Crippen LogP contribution in [0.4, 0.5) is 10.5 Å². The first kappa shape index (κ1) is 15.7. The SMILES string of the molecule is CSc1ccc(NC(=O)N[C@H](C)c2cnn(C)c2)cc1Cl. The summed E-state index contributed by atoms with van der Waals surface area (Å²) in [6.45, 7) is 1.90. The molecule has 0 fully saturated rings. The average molecular weight is 325 g/mol. The Morgan fingerprint density at radius 1 is 1.48 bits per heavy atom. The van der Waals surface area contributed by atoms with Crippen LogP contribution >= 0.6 is 23.4 Å². The Kier molecular flexibility index (Phi) is 5.14. The van der Waals surface area contributed by atoms with Crippen LogP contribution in [0.25, 0.3) is 0 Å². The molecule has 0 spiro atoms. The Labute approximate surface area is 133 Å². The Morgan fingerprint density at radius 3 is 2.81 bits per heavy atom. The number of hydrogen-bond donors (Lipinski definition) is 2. The molecule has 2 rings (SSSR count). The van der Waals surface area contributed by atoms with Gasteiger partial charge in [-0.15, -0.1) is 11.8 Å². The first-order chi connectivity index (χ1) is 9.99. The minimum absolute atomic E-state index is 0.125. The van der Waals surface area contributed by atoms with E-state index in [0.29, 0.717) is 10.7 Å². The van der Waals surface area contributed by atoms with E-state index >= 15 is 0 Å². The summed E-state index contributed by atoms with van der Waals surface area (Å²) < 4.78 is 1.70. The molecule has 0 unspecified atom stereocenters. The zero-order valence-corrected chi connectivity index (χ0v) is 13.6. The summed E-state index contributed by atoms with van der Waals surface area (Å²) in [5, 5.41) is 10.3. The number of aromatic nitrogens is 2. The maximum absolute atomic E-state index is 12.0. The summed E-state index contributed by atoms with van der Waals surface area (Å²) >= 11 is 7.68. The molecular weight excluding hydrogens is 308 g/mol. The molecule has 1 heterocycles. The molecule has 0 bridgehead atoms. The maximum atomic E-state index is 12.0. The number of rotatable bonds is 4. The Bertz CT molecular complexity index is 644. The number of urea groups is 1. The standard InChI is InChI=1S/C14H17ClN4OS/c1-9(10-7-16-19(2)8-10)17-14(20)18-11-4-5-13(21-3)12(15)6-11/h4-9H,1-3H3,(H2,17,18,20)/t9-/m1/s1. The predicted molar refractivity (Wildman–Crippen MR) is 87.0 cm³/mol. The van der Waals surface area contributed by atoms with Gasteiger partial charge in [0.1, 0.15) is 0 Å². The topological polar surface area (TPSA) is 59.0 Å². The van der Waals surface area contributed by atoms with Crippen molar-refractivity contribution >= 4 is 35.1 Å². The third-order valence-electron chi connectivity index (χ3n) is 2.98. The highest BCUT2D eigenvalue weighted by molar-refractivity contribution is 7.98. The van der Waals surface area contributed by atoms with Crippen molar-refractivity contribution in [1.29, 1.82) is 0 Å². The average Bonchev–Trinajstić information content (AvgIpc) is 2.85. The summed E-state index contributed by atoms with van der Waals surface area (Å²) in [7, 11) is 1.84. The number of amides is 2. The zero-order chi connectivity index (χ0) is 15.4. The molecule has 2 amide bonds. The number of thioether (sulfide) groups is 1. The number of aryl methyl sites for hydroxylation is 1. The monoisotopic (exact) mass is 324 g/mol. The number of carbonyl (C=O) groups is 1. The number of hydrogen-bond acceptors (Lipinski definition) is 3. The highest BCUT2D eigenvalue weighted by Gasteiger charge is 2.11. The highest BCUT2D eigenvalue weighted by Crippen LogP contribution is 2.27. The molecule has 112 valence electrons. The summed E-state index contributed by atoms with van der Waals surface area (Å²) in [4.78, 5) is 12.9. The van der Waals surface area contributed by atoms with Gasteiger partial charge in [0.2, 0.25) is 0 Å². The predicted octanol–water partition coefficient (Wildman–Crippen LogP) is 3.68. The molecular formula is C14H17ClN4OS. The second-order valence-electron chi connectivity index (χ2n) is 4.62. The lowest BCUT2D eigenvalue weighted by molar-refractivity contribution is 0.249. The van der Waals surface area contributed by atoms with Gasteiger partial charge in [0.05, 0.1) is 17.3 Å². The number of nitrogens with one attached hydrogen (secondary N) is 2. The lowest BCUT2D eigenvalue weighted by atomic mass is 10.2. The molecule has 0 aliphatic rings. The van der Waals surface area contributed by atoms with Crippen molar-refractivity contribution in [2.45, 2.75) is 17.9 Å². The van der Waals surface area contributed by atoms with Gasteiger partial charge in [0.15, 0.2) is 0 Å². The van der Waals surface area contributed by atoms with E-state index in [2.05, 4.69) is 15.7 Å². The molecule has 1 aromatic carbocycles. The molecule has 0 aliphatic heterocycles. The Balaban J connectivity index is 1.97. The van der Waals surface area contributed by atoms with Gasteiger partial charge in [-0.25, -0.2) is 4.79 Å². The van der Waals surface area contributed by atoms with E-state index in [-0.39, 0.29) is 12.1 Å². The minimum Gasteiger partial charge on any atom is -0.331 e. The molecule has 21 heavy (non-hydrogen) atoms. The van der Waals surface area contributed by atoms with Crippen molar-refractivity contribution in [3.05, 3.63) is 41.2 Å². The number of carbonyl (C=O) groups excluding carboxylic acids is 1. The third-order valence-corrected chi connectivity index (χ3v) is 4.20. The van der Waals surface area contributed by atoms with Crippen molar-refractivity contribution in [3.8, 4) is 0 Å². The fourth-order valence-electron chi connectivity index (χ4n) is 1.86. The molecule has 0 radical (unpaired) electrons. The van der Waals surface area contributed by atoms with Crippen LogP contribution < -0.4 is 10.6 Å². The van der Waals surface area contributed by atoms with Gasteiger partial charge >= 0.3 is 6.03 Å². The molecule has 0 saturated heterocycles. The number of benzene rings is 1. The van der Waals surface area contributed by atoms with Gasteiger partial charge in [-0.05, 0) is 31.4 Å². The molecule has 5 nitrogen and oxygen atoms in total. The lowest BCUT2D eigenvalue weighted by Crippen LogP contribution is -2.31. The van der Waals surface area contributed by atoms with Crippen molar-refractivity contribution in [2.75, 3.05) is 11.6 Å². The van der Waals surface area contributed by atoms with E-state index in [9.17, 15) is 4.79 Å². The van der Waals surface area contributed by atoms with Crippen LogP contribution in [-0.4, -0.2) is 22.1 Å². The molecule has 1 aromatic heterocycles. The van der Waals surface area contributed by atoms with E-state index < -0.39 is 0 Å². The smallest absolute Gasteiger partial charge is 0.319 e. The van der Waals surface area contributed by atoms with Crippen LogP contribution in [-0.2, 0) is 7.05 Å². The van der Waals surface area contributed by atoms with Crippen LogP contribution in [0.2, 0.25) is 5.02 Å². The van der Waals surface area contributed by atoms with Crippen LogP contribution in [0, 0.1) is 0 Å². The molecule has 0 saturated carbocycles. The fourth-order valence-corrected chi connectivity index (χ4v) is 2.73. The Hall–Kier alpha value is -1.66. The molecule has 2 aromatic rings. The Morgan fingerprint density at radius 2 is 2.24 bits per heavy atom. The van der Waals surface area contributed by atoms with Crippen molar-refractivity contribution in [3.63, 3.8) is 0 Å². The van der Waals surface area contributed by atoms with Gasteiger partial charge < -0.3 is 10.6 Å². The van der Waals surface area contributed by atoms with Crippen molar-refractivity contribution < 1.29 is 4.79 Å². The quantitative estimate of drug-likeness (QED) is 0.843. The van der Waals surface area contributed by atoms with Gasteiger partial charge in [-0.2, -0.15) is 5.10 Å². The molecule has 7 heteroatoms. The maximum Gasteiger partial charge on any atom is 0.319 e. The van der Waals surface area contributed by atoms with E-state index in [1.807, 2.05) is 38.6 Å². The van der Waals surface area contributed by atoms with E-state index in [4.69, 9.17) is 11.6 Å². The van der Waals surface area contributed by atoms with Crippen LogP contribution in [0.1, 0.15) is 18.5 Å². The molecule has 2 N–H and O–H groups in total. The summed E-state index contributed by atoms with van der Waals surface area (Å²) in [6.07, 6.45) is 5.56. The molecule has 1 atom stereocenters. The van der Waals surface area contributed by atoms with E-state index in [0.717, 1.165) is 10.5 Å². The number of anilines is 1. The fraction of sp³-hybridized carbons (Fsp3) is 0.286. The normalized spacial score (nSPS) is 12.0. The summed E-state index contributed by atoms with van der Waals surface area (Å²) in [6, 6.07) is 5.04. The summed E-state index contributed by atoms with van der Waals surface area (Å²) in [5.74, 6) is 0. The van der Waals surface area contributed by atoms with Gasteiger partial charge in [-0.3, -0.25) is 4.68 Å². The van der Waals surface area contributed by atoms with Gasteiger partial charge in [0.25, 0.3) is 0 Å². The largest absolute Gasteiger partial charge is 0.331 e. The first-order valence-electron chi connectivity index (χ1n) is 6.39. The second-order valence-corrected chi connectivity index (χ2v) is 5.87. The van der Waals surface area contributed by atoms with Crippen LogP contribution in [0.3, 0.4) is 0 Å². The zero-order valence-electron chi connectivity index (χ0n) is 12.1. The highest BCUT2D eigenvalue weighted by atomic mass is 35.5. The van der Waals surface area contributed by atoms with Crippen LogP contribution in [0.15, 0.2) is 35.5 Å². The lowest BCUT2D eigenvalue weighted by Gasteiger charge is -2.13. The van der Waals surface area contributed by atoms with Gasteiger partial charge in [0, 0.05) is 29.4 Å². The van der Waals surface area contributed by atoms with Crippen LogP contribution in [0.5, 0.6) is 0 Å². The number of nitrogens with zero attached hydrogens (tertiary/aromatic N) is 2. The number of halogens is 1. The summed E-state index contributed by atoms with van der Waals surface area (Å²) in [5.41, 5.74) is 1.61. The molecule has 0 aliphatic carbocycles. The van der Waals surface area contributed by atoms with E-state index in [1.165, 1.54) is 0 Å². The van der Waals surface area contributed by atoms with Crippen molar-refractivity contribution in [2.24, 2.45) is 7.05 Å². The van der Waals surface area contributed by atoms with Crippen molar-refractivity contribution in [1.82, 2.24) is 15.1 Å². The van der Waals surface area contributed by atoms with Gasteiger partial charge in [-0.1, -0.05) is 11.6 Å².